The summed E-state index contributed by atoms with van der Waals surface area (Å²) in [5.41, 5.74) is 5.95. The quantitative estimate of drug-likeness (QED) is 0.649. The molecule has 1 unspecified atom stereocenters. The number of hydrogen-bond donors (Lipinski definition) is 1. The van der Waals surface area contributed by atoms with Gasteiger partial charge in [0.25, 0.3) is 0 Å². The summed E-state index contributed by atoms with van der Waals surface area (Å²) in [7, 11) is -0.295. The lowest BCUT2D eigenvalue weighted by molar-refractivity contribution is -0.199. The van der Waals surface area contributed by atoms with Gasteiger partial charge in [-0.15, -0.1) is 0 Å². The van der Waals surface area contributed by atoms with E-state index in [9.17, 15) is 4.79 Å². The Kier molecular flexibility index (Phi) is 5.53. The normalized spacial score (nSPS) is 37.2. The maximum absolute atomic E-state index is 12.3. The molecule has 6 atom stereocenters. The van der Waals surface area contributed by atoms with Crippen LogP contribution in [0, 0.1) is 29.1 Å². The number of nitrogens with two attached hydrogens (primary N) is 1. The van der Waals surface area contributed by atoms with Crippen LogP contribution in [0.15, 0.2) is 0 Å². The average Bonchev–Trinajstić information content (AvgIpc) is 2.90. The van der Waals surface area contributed by atoms with Crippen molar-refractivity contribution in [3.63, 3.8) is 0 Å². The summed E-state index contributed by atoms with van der Waals surface area (Å²) in [5, 5.41) is 0. The smallest absolute Gasteiger partial charge is 0.405 e. The Morgan fingerprint density at radius 3 is 2.50 bits per heavy atom. The second-order valence-electron chi connectivity index (χ2n) is 10.3. The molecule has 0 aromatic rings. The zero-order valence-corrected chi connectivity index (χ0v) is 17.6. The highest BCUT2D eigenvalue weighted by molar-refractivity contribution is 6.48. The molecule has 1 aliphatic heterocycles. The van der Waals surface area contributed by atoms with Gasteiger partial charge in [-0.2, -0.15) is 0 Å². The molecule has 1 amide bonds. The molecule has 4 nitrogen and oxygen atoms in total. The van der Waals surface area contributed by atoms with Crippen LogP contribution in [0.25, 0.3) is 0 Å². The summed E-state index contributed by atoms with van der Waals surface area (Å²) in [6.45, 7) is 13.6. The predicted molar refractivity (Wildman–Crippen MR) is 106 cm³/mol. The van der Waals surface area contributed by atoms with Gasteiger partial charge in [0.2, 0.25) is 5.91 Å². The van der Waals surface area contributed by atoms with E-state index in [2.05, 4.69) is 41.5 Å². The second-order valence-corrected chi connectivity index (χ2v) is 10.3. The van der Waals surface area contributed by atoms with Gasteiger partial charge >= 0.3 is 7.12 Å². The fourth-order valence-electron chi connectivity index (χ4n) is 6.08. The molecule has 5 heteroatoms. The van der Waals surface area contributed by atoms with E-state index in [1.165, 1.54) is 6.42 Å². The monoisotopic (exact) mass is 363 g/mol. The van der Waals surface area contributed by atoms with Gasteiger partial charge in [-0.25, -0.2) is 0 Å². The number of primary amides is 1. The highest BCUT2D eigenvalue weighted by atomic mass is 16.7. The molecule has 1 heterocycles. The van der Waals surface area contributed by atoms with Crippen LogP contribution < -0.4 is 5.73 Å². The summed E-state index contributed by atoms with van der Waals surface area (Å²) in [5.74, 6) is 1.47. The van der Waals surface area contributed by atoms with Crippen molar-refractivity contribution >= 4 is 13.0 Å². The fraction of sp³-hybridized carbons (Fsp3) is 0.952. The highest BCUT2D eigenvalue weighted by Gasteiger charge is 2.68. The minimum atomic E-state index is -0.295. The Morgan fingerprint density at radius 1 is 1.27 bits per heavy atom. The summed E-state index contributed by atoms with van der Waals surface area (Å²) in [6, 6.07) is 0. The van der Waals surface area contributed by atoms with E-state index in [0.29, 0.717) is 17.3 Å². The summed E-state index contributed by atoms with van der Waals surface area (Å²) in [6.07, 6.45) is 6.35. The third-order valence-corrected chi connectivity index (χ3v) is 7.81. The Balaban J connectivity index is 1.81. The van der Waals surface area contributed by atoms with Crippen molar-refractivity contribution in [2.24, 2.45) is 34.8 Å². The topological polar surface area (TPSA) is 61.6 Å². The van der Waals surface area contributed by atoms with Crippen LogP contribution in [0.2, 0.25) is 5.82 Å². The Hall–Kier alpha value is -0.545. The summed E-state index contributed by atoms with van der Waals surface area (Å²) in [4.78, 5) is 12.3. The molecule has 0 radical (unpaired) electrons. The van der Waals surface area contributed by atoms with Crippen molar-refractivity contribution in [3.8, 4) is 0 Å². The van der Waals surface area contributed by atoms with Gasteiger partial charge in [0.15, 0.2) is 0 Å². The van der Waals surface area contributed by atoms with Gasteiger partial charge in [0.1, 0.15) is 0 Å². The molecule has 4 aliphatic rings. The number of rotatable bonds is 8. The van der Waals surface area contributed by atoms with Crippen LogP contribution in [-0.4, -0.2) is 24.7 Å². The Bertz CT molecular complexity index is 537. The first kappa shape index (κ1) is 20.2. The lowest BCUT2D eigenvalue weighted by atomic mass is 9.43. The van der Waals surface area contributed by atoms with Crippen molar-refractivity contribution < 1.29 is 14.1 Å². The van der Waals surface area contributed by atoms with Crippen molar-refractivity contribution in [2.75, 3.05) is 0 Å². The van der Waals surface area contributed by atoms with Crippen molar-refractivity contribution in [2.45, 2.75) is 97.6 Å². The zero-order valence-electron chi connectivity index (χ0n) is 17.6. The summed E-state index contributed by atoms with van der Waals surface area (Å²) < 4.78 is 13.2. The molecule has 2 N–H and O–H groups in total. The van der Waals surface area contributed by atoms with Crippen LogP contribution >= 0.6 is 0 Å². The van der Waals surface area contributed by atoms with Gasteiger partial charge in [-0.05, 0) is 55.8 Å². The maximum Gasteiger partial charge on any atom is 0.461 e. The first-order valence-electron chi connectivity index (χ1n) is 10.7. The first-order valence-corrected chi connectivity index (χ1v) is 10.7. The number of unbranched alkanes of at least 4 members (excludes halogenated alkanes) is 1. The molecule has 3 saturated carbocycles. The minimum absolute atomic E-state index is 0.0572. The van der Waals surface area contributed by atoms with Gasteiger partial charge in [-0.3, -0.25) is 4.79 Å². The molecule has 4 rings (SSSR count). The predicted octanol–water partition coefficient (Wildman–Crippen LogP) is 4.42. The van der Waals surface area contributed by atoms with E-state index in [1.807, 2.05) is 0 Å². The maximum atomic E-state index is 12.3. The standard InChI is InChI=1S/C21H38BNO3/c1-7-8-9-15(19(23)24)16(10-13(2)3)22-25-18-12-14-11-17(20(14,4)5)21(18,6)26-22/h13-18H,7-12H2,1-6H3,(H2,23,24)/t14-,15?,16+,17-,18+,21-/m0/s1. The number of amides is 1. The largest absolute Gasteiger partial charge is 0.461 e. The zero-order chi connectivity index (χ0) is 19.3. The number of hydrogen-bond acceptors (Lipinski definition) is 3. The van der Waals surface area contributed by atoms with Crippen LogP contribution in [0.5, 0.6) is 0 Å². The molecule has 26 heavy (non-hydrogen) atoms. The van der Waals surface area contributed by atoms with Gasteiger partial charge in [-0.1, -0.05) is 47.5 Å². The molecular weight excluding hydrogens is 325 g/mol. The van der Waals surface area contributed by atoms with Crippen LogP contribution in [-0.2, 0) is 14.1 Å². The fourth-order valence-corrected chi connectivity index (χ4v) is 6.08. The van der Waals surface area contributed by atoms with Gasteiger partial charge in [0, 0.05) is 11.7 Å². The Morgan fingerprint density at radius 2 is 1.96 bits per heavy atom. The SMILES string of the molecule is CCCCC(C(N)=O)[C@@H](CC(C)C)B1O[C@@H]2C[C@@H]3C[C@@H](C3(C)C)[C@]2(C)O1. The second kappa shape index (κ2) is 7.12. The summed E-state index contributed by atoms with van der Waals surface area (Å²) >= 11 is 0. The van der Waals surface area contributed by atoms with Crippen LogP contribution in [0.3, 0.4) is 0 Å². The van der Waals surface area contributed by atoms with E-state index in [1.54, 1.807) is 0 Å². The number of carbonyl (C=O) groups is 1. The molecule has 2 bridgehead atoms. The van der Waals surface area contributed by atoms with E-state index in [4.69, 9.17) is 15.0 Å². The Labute approximate surface area is 160 Å². The molecule has 4 fully saturated rings. The molecular formula is C21H38BNO3. The third-order valence-electron chi connectivity index (χ3n) is 7.81. The minimum Gasteiger partial charge on any atom is -0.405 e. The molecule has 1 saturated heterocycles. The van der Waals surface area contributed by atoms with E-state index >= 15 is 0 Å². The van der Waals surface area contributed by atoms with Gasteiger partial charge < -0.3 is 15.0 Å². The van der Waals surface area contributed by atoms with Crippen molar-refractivity contribution in [1.82, 2.24) is 0 Å². The van der Waals surface area contributed by atoms with Crippen LogP contribution in [0.4, 0.5) is 0 Å². The lowest BCUT2D eigenvalue weighted by Crippen LogP contribution is -2.65. The van der Waals surface area contributed by atoms with E-state index in [-0.39, 0.29) is 36.5 Å². The molecule has 148 valence electrons. The van der Waals surface area contributed by atoms with E-state index in [0.717, 1.165) is 38.0 Å². The molecule has 0 spiro atoms. The molecule has 0 aromatic carbocycles. The average molecular weight is 363 g/mol. The number of carbonyl (C=O) groups excluding carboxylic acids is 1. The molecule has 3 aliphatic carbocycles. The van der Waals surface area contributed by atoms with Gasteiger partial charge in [0.05, 0.1) is 11.7 Å². The van der Waals surface area contributed by atoms with Crippen LogP contribution in [0.1, 0.15) is 80.1 Å². The third kappa shape index (κ3) is 3.24. The highest BCUT2D eigenvalue weighted by Crippen LogP contribution is 2.66. The van der Waals surface area contributed by atoms with Crippen molar-refractivity contribution in [3.05, 3.63) is 0 Å². The van der Waals surface area contributed by atoms with Crippen molar-refractivity contribution in [1.29, 1.82) is 0 Å². The first-order chi connectivity index (χ1) is 12.1. The lowest BCUT2D eigenvalue weighted by Gasteiger charge is -2.64. The van der Waals surface area contributed by atoms with E-state index < -0.39 is 0 Å². The molecule has 0 aromatic heterocycles.